The van der Waals surface area contributed by atoms with E-state index in [1.807, 2.05) is 0 Å². The zero-order valence-electron chi connectivity index (χ0n) is 20.5. The lowest BCUT2D eigenvalue weighted by molar-refractivity contribution is -0.137. The lowest BCUT2D eigenvalue weighted by atomic mass is 10.1. The van der Waals surface area contributed by atoms with Crippen LogP contribution in [0.4, 0.5) is 35.3 Å². The maximum absolute atomic E-state index is 13.5. The van der Waals surface area contributed by atoms with Crippen molar-refractivity contribution < 1.29 is 35.9 Å². The fourth-order valence-electron chi connectivity index (χ4n) is 3.65. The van der Waals surface area contributed by atoms with Gasteiger partial charge in [0.1, 0.15) is 12.3 Å². The highest BCUT2D eigenvalue weighted by Crippen LogP contribution is 2.37. The standard InChI is InChI=1S/C25H20F3N5O5S/c1-3-4-5-15-10-18(38-21-8-9-30-23(29)31-21)6-7-20(15)33-22(34)14-32(24(33)35)17-11-16(25(26,27)28)12-19(13-17)39(2,36)37/h6-13H,3,14H2,1-2H3,(H2,29,30,31). The zero-order chi connectivity index (χ0) is 28.5. The Labute approximate surface area is 221 Å². The Balaban J connectivity index is 1.74. The number of nitrogen functional groups attached to an aromatic ring is 1. The van der Waals surface area contributed by atoms with Crippen LogP contribution in [0.2, 0.25) is 0 Å². The number of hydrogen-bond acceptors (Lipinski definition) is 8. The molecule has 4 rings (SSSR count). The molecule has 1 aliphatic rings. The molecule has 10 nitrogen and oxygen atoms in total. The fourth-order valence-corrected chi connectivity index (χ4v) is 4.32. The number of halogens is 3. The monoisotopic (exact) mass is 559 g/mol. The molecule has 0 saturated carbocycles. The van der Waals surface area contributed by atoms with Crippen LogP contribution < -0.4 is 20.3 Å². The molecule has 14 heteroatoms. The van der Waals surface area contributed by atoms with Crippen molar-refractivity contribution in [2.24, 2.45) is 0 Å². The van der Waals surface area contributed by atoms with Gasteiger partial charge in [-0.05, 0) is 36.4 Å². The Bertz CT molecular complexity index is 1650. The highest BCUT2D eigenvalue weighted by Gasteiger charge is 2.41. The van der Waals surface area contributed by atoms with E-state index in [0.717, 1.165) is 22.1 Å². The van der Waals surface area contributed by atoms with Crippen molar-refractivity contribution in [2.45, 2.75) is 24.4 Å². The van der Waals surface area contributed by atoms with Gasteiger partial charge in [-0.3, -0.25) is 9.69 Å². The number of sulfone groups is 1. The summed E-state index contributed by atoms with van der Waals surface area (Å²) in [5.74, 6) is 5.31. The number of amides is 3. The number of hydrogen-bond donors (Lipinski definition) is 1. The molecular formula is C25H20F3N5O5S. The average molecular weight is 560 g/mol. The number of carbonyl (C=O) groups is 2. The van der Waals surface area contributed by atoms with Gasteiger partial charge in [0, 0.05) is 30.6 Å². The Kier molecular flexibility index (Phi) is 7.21. The van der Waals surface area contributed by atoms with Gasteiger partial charge in [-0.1, -0.05) is 18.8 Å². The number of carbonyl (C=O) groups excluding carboxylic acids is 2. The molecule has 0 unspecified atom stereocenters. The van der Waals surface area contributed by atoms with Crippen LogP contribution in [0.25, 0.3) is 0 Å². The molecule has 202 valence electrons. The number of benzene rings is 2. The second kappa shape index (κ2) is 10.3. The number of rotatable bonds is 5. The summed E-state index contributed by atoms with van der Waals surface area (Å²) in [5.41, 5.74) is 4.18. The summed E-state index contributed by atoms with van der Waals surface area (Å²) in [6.07, 6.45) is -2.31. The predicted octanol–water partition coefficient (Wildman–Crippen LogP) is 4.01. The normalized spacial score (nSPS) is 13.9. The largest absolute Gasteiger partial charge is 0.439 e. The summed E-state index contributed by atoms with van der Waals surface area (Å²) >= 11 is 0. The number of imide groups is 1. The number of nitrogens with two attached hydrogens (primary N) is 1. The topological polar surface area (TPSA) is 136 Å². The van der Waals surface area contributed by atoms with Crippen LogP contribution in [0.15, 0.2) is 53.6 Å². The van der Waals surface area contributed by atoms with Crippen LogP contribution in [0.5, 0.6) is 11.6 Å². The molecule has 1 aromatic heterocycles. The second-order valence-electron chi connectivity index (χ2n) is 8.27. The van der Waals surface area contributed by atoms with E-state index in [-0.39, 0.29) is 28.8 Å². The van der Waals surface area contributed by atoms with Gasteiger partial charge < -0.3 is 10.5 Å². The van der Waals surface area contributed by atoms with E-state index in [9.17, 15) is 31.2 Å². The Hall–Kier alpha value is -4.64. The molecule has 0 aliphatic carbocycles. The van der Waals surface area contributed by atoms with E-state index in [1.54, 1.807) is 6.92 Å². The quantitative estimate of drug-likeness (QED) is 0.366. The van der Waals surface area contributed by atoms with Gasteiger partial charge >= 0.3 is 12.2 Å². The number of alkyl halides is 3. The number of nitrogens with zero attached hydrogens (tertiary/aromatic N) is 4. The summed E-state index contributed by atoms with van der Waals surface area (Å²) in [7, 11) is -4.07. The van der Waals surface area contributed by atoms with E-state index >= 15 is 0 Å². The highest BCUT2D eigenvalue weighted by molar-refractivity contribution is 7.90. The van der Waals surface area contributed by atoms with Crippen LogP contribution in [-0.2, 0) is 20.8 Å². The summed E-state index contributed by atoms with van der Waals surface area (Å²) in [5, 5.41) is 0. The summed E-state index contributed by atoms with van der Waals surface area (Å²) in [4.78, 5) is 35.0. The van der Waals surface area contributed by atoms with Gasteiger partial charge in [0.05, 0.1) is 21.7 Å². The minimum Gasteiger partial charge on any atom is -0.439 e. The molecule has 1 aliphatic heterocycles. The van der Waals surface area contributed by atoms with E-state index in [0.29, 0.717) is 18.6 Å². The first kappa shape index (κ1) is 27.4. The second-order valence-corrected chi connectivity index (χ2v) is 10.3. The predicted molar refractivity (Wildman–Crippen MR) is 135 cm³/mol. The van der Waals surface area contributed by atoms with Crippen LogP contribution in [0.3, 0.4) is 0 Å². The molecule has 39 heavy (non-hydrogen) atoms. The Morgan fingerprint density at radius 3 is 2.51 bits per heavy atom. The first-order valence-electron chi connectivity index (χ1n) is 11.2. The maximum atomic E-state index is 13.5. The Morgan fingerprint density at radius 2 is 1.87 bits per heavy atom. The molecule has 1 saturated heterocycles. The first-order valence-corrected chi connectivity index (χ1v) is 13.1. The molecule has 1 fully saturated rings. The van der Waals surface area contributed by atoms with E-state index in [1.165, 1.54) is 30.5 Å². The van der Waals surface area contributed by atoms with Gasteiger partial charge in [-0.25, -0.2) is 23.1 Å². The van der Waals surface area contributed by atoms with E-state index in [4.69, 9.17) is 10.5 Å². The maximum Gasteiger partial charge on any atom is 0.416 e. The number of aromatic nitrogens is 2. The lowest BCUT2D eigenvalue weighted by Gasteiger charge is -2.20. The van der Waals surface area contributed by atoms with E-state index in [2.05, 4.69) is 21.8 Å². The number of anilines is 3. The van der Waals surface area contributed by atoms with Crippen molar-refractivity contribution in [1.82, 2.24) is 9.97 Å². The molecule has 3 amide bonds. The first-order chi connectivity index (χ1) is 18.3. The molecule has 3 aromatic rings. The molecule has 0 bridgehead atoms. The number of urea groups is 1. The smallest absolute Gasteiger partial charge is 0.416 e. The van der Waals surface area contributed by atoms with E-state index < -0.39 is 50.6 Å². The average Bonchev–Trinajstić information content (AvgIpc) is 3.15. The minimum atomic E-state index is -4.89. The molecule has 0 radical (unpaired) electrons. The van der Waals surface area contributed by atoms with Crippen molar-refractivity contribution in [2.75, 3.05) is 28.3 Å². The van der Waals surface area contributed by atoms with Gasteiger partial charge in [0.25, 0.3) is 5.91 Å². The van der Waals surface area contributed by atoms with Crippen molar-refractivity contribution in [3.8, 4) is 23.5 Å². The lowest BCUT2D eigenvalue weighted by Crippen LogP contribution is -2.33. The Morgan fingerprint density at radius 1 is 1.13 bits per heavy atom. The van der Waals surface area contributed by atoms with Crippen LogP contribution in [0.1, 0.15) is 24.5 Å². The highest BCUT2D eigenvalue weighted by atomic mass is 32.2. The number of ether oxygens (including phenoxy) is 1. The fraction of sp³-hybridized carbons (Fsp3) is 0.200. The minimum absolute atomic E-state index is 0.0166. The zero-order valence-corrected chi connectivity index (χ0v) is 21.3. The van der Waals surface area contributed by atoms with Crippen LogP contribution >= 0.6 is 0 Å². The van der Waals surface area contributed by atoms with Crippen molar-refractivity contribution >= 4 is 39.1 Å². The SMILES string of the molecule is CCC#Cc1cc(Oc2ccnc(N)n2)ccc1N1C(=O)CN(c2cc(C(F)(F)F)cc(S(C)(=O)=O)c2)C1=O. The van der Waals surface area contributed by atoms with Gasteiger partial charge in [0.15, 0.2) is 9.84 Å². The molecule has 0 atom stereocenters. The molecule has 2 heterocycles. The van der Waals surface area contributed by atoms with Crippen molar-refractivity contribution in [3.05, 3.63) is 59.8 Å². The van der Waals surface area contributed by atoms with Crippen LogP contribution in [-0.4, -0.2) is 43.1 Å². The van der Waals surface area contributed by atoms with Gasteiger partial charge in [0.2, 0.25) is 11.8 Å². The molecule has 0 spiro atoms. The summed E-state index contributed by atoms with van der Waals surface area (Å²) in [6, 6.07) is 6.80. The summed E-state index contributed by atoms with van der Waals surface area (Å²) < 4.78 is 70.3. The van der Waals surface area contributed by atoms with Gasteiger partial charge in [-0.15, -0.1) is 0 Å². The molecule has 2 N–H and O–H groups in total. The third-order valence-corrected chi connectivity index (χ3v) is 6.50. The third kappa shape index (κ3) is 5.93. The van der Waals surface area contributed by atoms with Gasteiger partial charge in [-0.2, -0.15) is 18.2 Å². The molecular weight excluding hydrogens is 539 g/mol. The van der Waals surface area contributed by atoms with Crippen LogP contribution in [0, 0.1) is 11.8 Å². The van der Waals surface area contributed by atoms with Crippen molar-refractivity contribution in [3.63, 3.8) is 0 Å². The molecule has 2 aromatic carbocycles. The summed E-state index contributed by atoms with van der Waals surface area (Å²) in [6.45, 7) is 1.17. The van der Waals surface area contributed by atoms with Crippen molar-refractivity contribution in [1.29, 1.82) is 0 Å². The third-order valence-electron chi connectivity index (χ3n) is 5.40.